The summed E-state index contributed by atoms with van der Waals surface area (Å²) in [5, 5.41) is 5.19. The molecule has 0 spiro atoms. The highest BCUT2D eigenvalue weighted by molar-refractivity contribution is 5.96. The predicted molar refractivity (Wildman–Crippen MR) is 94.6 cm³/mol. The molecule has 2 unspecified atom stereocenters. The minimum absolute atomic E-state index is 0.0582. The Kier molecular flexibility index (Phi) is 6.75. The molecule has 150 valence electrons. The van der Waals surface area contributed by atoms with Crippen LogP contribution in [0.15, 0.2) is 0 Å². The third-order valence-electron chi connectivity index (χ3n) is 5.22. The van der Waals surface area contributed by atoms with Crippen molar-refractivity contribution in [3.05, 3.63) is 0 Å². The Balaban J connectivity index is 2.14. The van der Waals surface area contributed by atoms with Crippen LogP contribution < -0.4 is 22.1 Å². The number of primary amides is 2. The van der Waals surface area contributed by atoms with E-state index in [1.807, 2.05) is 6.92 Å². The number of nitrogens with zero attached hydrogens (tertiary/aromatic N) is 1. The fourth-order valence-electron chi connectivity index (χ4n) is 3.76. The number of piperidine rings is 1. The van der Waals surface area contributed by atoms with Crippen LogP contribution in [-0.4, -0.2) is 59.1 Å². The van der Waals surface area contributed by atoms with Crippen molar-refractivity contribution >= 4 is 29.5 Å². The maximum Gasteiger partial charge on any atom is 0.246 e. The number of likely N-dealkylation sites (tertiary alicyclic amines) is 1. The average Bonchev–Trinajstić information content (AvgIpc) is 3.10. The summed E-state index contributed by atoms with van der Waals surface area (Å²) in [6.07, 6.45) is 2.25. The number of hydrogen-bond donors (Lipinski definition) is 4. The van der Waals surface area contributed by atoms with E-state index in [1.165, 1.54) is 4.90 Å². The molecule has 6 N–H and O–H groups in total. The van der Waals surface area contributed by atoms with Crippen LogP contribution in [0.4, 0.5) is 0 Å². The first kappa shape index (κ1) is 20.7. The van der Waals surface area contributed by atoms with Gasteiger partial charge in [-0.15, -0.1) is 0 Å². The lowest BCUT2D eigenvalue weighted by Gasteiger charge is -2.33. The van der Waals surface area contributed by atoms with Gasteiger partial charge in [0.2, 0.25) is 29.5 Å². The van der Waals surface area contributed by atoms with Crippen molar-refractivity contribution in [2.75, 3.05) is 6.54 Å². The number of hydrogen-bond acceptors (Lipinski definition) is 5. The van der Waals surface area contributed by atoms with Gasteiger partial charge in [0.05, 0.1) is 6.42 Å². The molecule has 2 aliphatic heterocycles. The maximum atomic E-state index is 12.8. The molecule has 10 heteroatoms. The highest BCUT2D eigenvalue weighted by Crippen LogP contribution is 2.22. The monoisotopic (exact) mass is 381 g/mol. The Morgan fingerprint density at radius 2 is 1.96 bits per heavy atom. The third-order valence-corrected chi connectivity index (χ3v) is 5.22. The fraction of sp³-hybridized carbons (Fsp3) is 0.706. The van der Waals surface area contributed by atoms with Gasteiger partial charge in [-0.2, -0.15) is 0 Å². The number of amides is 5. The van der Waals surface area contributed by atoms with Gasteiger partial charge in [-0.3, -0.25) is 24.0 Å². The van der Waals surface area contributed by atoms with Crippen molar-refractivity contribution in [2.24, 2.45) is 17.4 Å². The molecule has 5 amide bonds. The van der Waals surface area contributed by atoms with E-state index in [9.17, 15) is 24.0 Å². The number of nitrogens with two attached hydrogens (primary N) is 2. The molecule has 0 bridgehead atoms. The van der Waals surface area contributed by atoms with Gasteiger partial charge < -0.3 is 27.0 Å². The zero-order valence-electron chi connectivity index (χ0n) is 15.4. The second-order valence-electron chi connectivity index (χ2n) is 7.08. The van der Waals surface area contributed by atoms with E-state index in [0.717, 1.165) is 0 Å². The van der Waals surface area contributed by atoms with Crippen molar-refractivity contribution in [3.63, 3.8) is 0 Å². The Bertz CT molecular complexity index is 637. The third kappa shape index (κ3) is 4.95. The van der Waals surface area contributed by atoms with Crippen LogP contribution in [0.5, 0.6) is 0 Å². The van der Waals surface area contributed by atoms with Crippen molar-refractivity contribution in [1.29, 1.82) is 0 Å². The summed E-state index contributed by atoms with van der Waals surface area (Å²) in [6, 6.07) is -2.74. The van der Waals surface area contributed by atoms with E-state index in [4.69, 9.17) is 11.5 Å². The van der Waals surface area contributed by atoms with E-state index in [1.54, 1.807) is 0 Å². The summed E-state index contributed by atoms with van der Waals surface area (Å²) in [4.78, 5) is 61.5. The summed E-state index contributed by atoms with van der Waals surface area (Å²) < 4.78 is 0. The van der Waals surface area contributed by atoms with E-state index in [2.05, 4.69) is 10.6 Å². The average molecular weight is 381 g/mol. The first-order chi connectivity index (χ1) is 12.7. The van der Waals surface area contributed by atoms with Crippen molar-refractivity contribution in [1.82, 2.24) is 15.5 Å². The second kappa shape index (κ2) is 8.83. The van der Waals surface area contributed by atoms with Crippen LogP contribution in [0.1, 0.15) is 45.4 Å². The summed E-state index contributed by atoms with van der Waals surface area (Å²) in [5.41, 5.74) is 10.6. The smallest absolute Gasteiger partial charge is 0.246 e. The lowest BCUT2D eigenvalue weighted by atomic mass is 9.87. The van der Waals surface area contributed by atoms with Crippen LogP contribution in [0.3, 0.4) is 0 Å². The van der Waals surface area contributed by atoms with E-state index >= 15 is 0 Å². The van der Waals surface area contributed by atoms with E-state index in [-0.39, 0.29) is 11.8 Å². The Hall–Kier alpha value is -2.65. The van der Waals surface area contributed by atoms with Crippen molar-refractivity contribution < 1.29 is 24.0 Å². The van der Waals surface area contributed by atoms with Crippen molar-refractivity contribution in [3.8, 4) is 0 Å². The van der Waals surface area contributed by atoms with Crippen LogP contribution in [-0.2, 0) is 24.0 Å². The molecule has 2 fully saturated rings. The van der Waals surface area contributed by atoms with Gasteiger partial charge in [0.1, 0.15) is 18.1 Å². The van der Waals surface area contributed by atoms with Crippen LogP contribution in [0.25, 0.3) is 0 Å². The zero-order chi connectivity index (χ0) is 20.1. The molecule has 2 heterocycles. The van der Waals surface area contributed by atoms with Gasteiger partial charge in [-0.25, -0.2) is 0 Å². The molecule has 0 aliphatic carbocycles. The Morgan fingerprint density at radius 1 is 1.26 bits per heavy atom. The Labute approximate surface area is 157 Å². The largest absolute Gasteiger partial charge is 0.370 e. The zero-order valence-corrected chi connectivity index (χ0v) is 15.4. The van der Waals surface area contributed by atoms with Crippen LogP contribution in [0.2, 0.25) is 0 Å². The lowest BCUT2D eigenvalue weighted by molar-refractivity contribution is -0.142. The van der Waals surface area contributed by atoms with Gasteiger partial charge >= 0.3 is 0 Å². The minimum atomic E-state index is -1.20. The normalized spacial score (nSPS) is 26.2. The summed E-state index contributed by atoms with van der Waals surface area (Å²) in [5.74, 6) is -2.79. The minimum Gasteiger partial charge on any atom is -0.370 e. The Morgan fingerprint density at radius 3 is 2.56 bits per heavy atom. The van der Waals surface area contributed by atoms with Crippen molar-refractivity contribution in [2.45, 2.75) is 63.6 Å². The van der Waals surface area contributed by atoms with Gasteiger partial charge in [-0.1, -0.05) is 13.3 Å². The molecule has 0 aromatic rings. The molecule has 0 radical (unpaired) electrons. The summed E-state index contributed by atoms with van der Waals surface area (Å²) >= 11 is 0. The van der Waals surface area contributed by atoms with Crippen LogP contribution in [0, 0.1) is 5.92 Å². The van der Waals surface area contributed by atoms with Crippen LogP contribution >= 0.6 is 0 Å². The topological polar surface area (TPSA) is 165 Å². The molecule has 0 saturated carbocycles. The number of rotatable bonds is 7. The second-order valence-corrected chi connectivity index (χ2v) is 7.08. The molecule has 2 aliphatic rings. The first-order valence-electron chi connectivity index (χ1n) is 9.22. The van der Waals surface area contributed by atoms with E-state index < -0.39 is 48.2 Å². The molecule has 0 aromatic heterocycles. The standard InChI is InChI=1S/C17H27N5O5/c1-2-9-5-6-13(24)21-14(9)16(26)20-10(8-12(18)23)17(27)22-7-3-4-11(22)15(19)25/h9-11,14H,2-8H2,1H3,(H2,18,23)(H2,19,25)(H,20,26)(H,21,24)/t9?,10-,11-,14?/m0/s1. The molecule has 2 saturated heterocycles. The lowest BCUT2D eigenvalue weighted by Crippen LogP contribution is -2.59. The van der Waals surface area contributed by atoms with Gasteiger partial charge in [0.15, 0.2) is 0 Å². The molecular weight excluding hydrogens is 354 g/mol. The SMILES string of the molecule is CCC1CCC(=O)NC1C(=O)N[C@@H](CC(N)=O)C(=O)N1CCC[C@H]1C(N)=O. The predicted octanol–water partition coefficient (Wildman–Crippen LogP) is -1.87. The van der Waals surface area contributed by atoms with Gasteiger partial charge in [-0.05, 0) is 25.2 Å². The molecule has 0 aromatic carbocycles. The van der Waals surface area contributed by atoms with Gasteiger partial charge in [0.25, 0.3) is 0 Å². The molecular formula is C17H27N5O5. The quantitative estimate of drug-likeness (QED) is 0.405. The van der Waals surface area contributed by atoms with E-state index in [0.29, 0.717) is 38.6 Å². The summed E-state index contributed by atoms with van der Waals surface area (Å²) in [6.45, 7) is 2.23. The molecule has 2 rings (SSSR count). The number of carbonyl (C=O) groups is 5. The number of carbonyl (C=O) groups excluding carboxylic acids is 5. The molecule has 27 heavy (non-hydrogen) atoms. The fourth-order valence-corrected chi connectivity index (χ4v) is 3.76. The highest BCUT2D eigenvalue weighted by Gasteiger charge is 2.39. The maximum absolute atomic E-state index is 12.8. The first-order valence-corrected chi connectivity index (χ1v) is 9.22. The highest BCUT2D eigenvalue weighted by atomic mass is 16.2. The van der Waals surface area contributed by atoms with Gasteiger partial charge in [0, 0.05) is 13.0 Å². The summed E-state index contributed by atoms with van der Waals surface area (Å²) in [7, 11) is 0. The molecule has 4 atom stereocenters. The molecule has 10 nitrogen and oxygen atoms in total. The number of nitrogens with one attached hydrogen (secondary N) is 2.